The second-order valence-electron chi connectivity index (χ2n) is 3.64. The molecule has 1 rings (SSSR count). The molecule has 0 spiro atoms. The van der Waals surface area contributed by atoms with Crippen molar-refractivity contribution < 1.29 is 36.3 Å². The van der Waals surface area contributed by atoms with Gasteiger partial charge in [-0.2, -0.15) is 9.13 Å². The second-order valence-corrected chi connectivity index (χ2v) is 6.64. The first-order chi connectivity index (χ1) is 11.4. The first-order valence-electron chi connectivity index (χ1n) is 6.27. The van der Waals surface area contributed by atoms with Crippen molar-refractivity contribution in [1.29, 1.82) is 0 Å². The highest BCUT2D eigenvalue weighted by Crippen LogP contribution is 2.52. The quantitative estimate of drug-likeness (QED) is 0.360. The maximum Gasteiger partial charge on any atom is 0.645 e. The molecule has 1 aromatic rings. The number of phosphoric ester groups is 2. The molecule has 1 aromatic carbocycles. The zero-order valence-corrected chi connectivity index (χ0v) is 14.4. The van der Waals surface area contributed by atoms with E-state index in [1.54, 1.807) is 0 Å². The van der Waals surface area contributed by atoms with Gasteiger partial charge < -0.3 is 27.1 Å². The lowest BCUT2D eigenvalue weighted by Crippen LogP contribution is -1.98. The van der Waals surface area contributed by atoms with E-state index in [9.17, 15) is 9.13 Å². The molecular formula is C14H16O8P2. The van der Waals surface area contributed by atoms with Gasteiger partial charge >= 0.3 is 15.6 Å². The van der Waals surface area contributed by atoms with Gasteiger partial charge in [0.25, 0.3) is 0 Å². The summed E-state index contributed by atoms with van der Waals surface area (Å²) < 4.78 is 53.6. The molecule has 0 heterocycles. The molecule has 0 aliphatic carbocycles. The number of phosphoric acid groups is 2. The summed E-state index contributed by atoms with van der Waals surface area (Å²) in [6.45, 7) is 13.1. The van der Waals surface area contributed by atoms with E-state index >= 15 is 0 Å². The predicted molar refractivity (Wildman–Crippen MR) is 88.0 cm³/mol. The van der Waals surface area contributed by atoms with Crippen molar-refractivity contribution >= 4 is 15.6 Å². The molecule has 10 heteroatoms. The third-order valence-electron chi connectivity index (χ3n) is 2.05. The van der Waals surface area contributed by atoms with Gasteiger partial charge in [-0.3, -0.25) is 0 Å². The Balaban J connectivity index is 3.00. The Kier molecular flexibility index (Phi) is 7.24. The largest absolute Gasteiger partial charge is 0.645 e. The van der Waals surface area contributed by atoms with Crippen LogP contribution in [0.3, 0.4) is 0 Å². The van der Waals surface area contributed by atoms with Crippen LogP contribution in [0.1, 0.15) is 0 Å². The maximum absolute atomic E-state index is 12.2. The lowest BCUT2D eigenvalue weighted by molar-refractivity contribution is 0.249. The molecule has 0 fully saturated rings. The first-order valence-corrected chi connectivity index (χ1v) is 9.19. The van der Waals surface area contributed by atoms with Crippen LogP contribution in [0.4, 0.5) is 0 Å². The Hall–Kier alpha value is -2.56. The highest BCUT2D eigenvalue weighted by molar-refractivity contribution is 7.49. The van der Waals surface area contributed by atoms with Gasteiger partial charge in [0.15, 0.2) is 0 Å². The molecular weight excluding hydrogens is 358 g/mol. The van der Waals surface area contributed by atoms with Crippen LogP contribution in [0, 0.1) is 0 Å². The fourth-order valence-electron chi connectivity index (χ4n) is 1.35. The van der Waals surface area contributed by atoms with Gasteiger partial charge in [0.1, 0.15) is 11.5 Å². The van der Waals surface area contributed by atoms with E-state index in [4.69, 9.17) is 27.1 Å². The van der Waals surface area contributed by atoms with Crippen molar-refractivity contribution in [3.8, 4) is 11.5 Å². The van der Waals surface area contributed by atoms with Crippen LogP contribution >= 0.6 is 15.6 Å². The smallest absolute Gasteiger partial charge is 0.395 e. The molecule has 130 valence electrons. The monoisotopic (exact) mass is 374 g/mol. The topological polar surface area (TPSA) is 89.5 Å². The van der Waals surface area contributed by atoms with Crippen LogP contribution in [0.2, 0.25) is 0 Å². The van der Waals surface area contributed by atoms with E-state index in [-0.39, 0.29) is 11.5 Å². The molecule has 0 radical (unpaired) electrons. The summed E-state index contributed by atoms with van der Waals surface area (Å²) in [4.78, 5) is 0. The van der Waals surface area contributed by atoms with Crippen molar-refractivity contribution in [2.75, 3.05) is 0 Å². The Labute approximate surface area is 139 Å². The molecule has 0 N–H and O–H groups in total. The molecule has 0 aliphatic rings. The van der Waals surface area contributed by atoms with Crippen molar-refractivity contribution in [2.24, 2.45) is 0 Å². The van der Waals surface area contributed by atoms with Crippen molar-refractivity contribution in [1.82, 2.24) is 0 Å². The Morgan fingerprint density at radius 2 is 1.04 bits per heavy atom. The van der Waals surface area contributed by atoms with Crippen LogP contribution in [0.5, 0.6) is 11.5 Å². The summed E-state index contributed by atoms with van der Waals surface area (Å²) in [5.74, 6) is 0.0616. The van der Waals surface area contributed by atoms with Crippen LogP contribution in [-0.2, 0) is 27.2 Å². The first kappa shape index (κ1) is 19.5. The zero-order chi connectivity index (χ0) is 18.1. The standard InChI is InChI=1S/C14H16O8P2/c1-5-17-23(15,18-6-2)21-13-10-9-11-14(12-13)22-24(16,19-7-3)20-8-4/h5-12H,1-4H2. The van der Waals surface area contributed by atoms with Crippen molar-refractivity contribution in [3.05, 3.63) is 75.6 Å². The van der Waals surface area contributed by atoms with Crippen LogP contribution in [0.15, 0.2) is 75.6 Å². The molecule has 8 nitrogen and oxygen atoms in total. The zero-order valence-electron chi connectivity index (χ0n) is 12.6. The fourth-order valence-corrected chi connectivity index (χ4v) is 3.09. The molecule has 0 aromatic heterocycles. The Bertz CT molecular complexity index is 617. The summed E-state index contributed by atoms with van der Waals surface area (Å²) in [6, 6.07) is 5.61. The number of hydrogen-bond acceptors (Lipinski definition) is 8. The molecule has 0 saturated heterocycles. The average molecular weight is 374 g/mol. The molecule has 0 unspecified atom stereocenters. The van der Waals surface area contributed by atoms with Gasteiger partial charge in [-0.1, -0.05) is 32.4 Å². The van der Waals surface area contributed by atoms with E-state index in [0.717, 1.165) is 25.0 Å². The van der Waals surface area contributed by atoms with Gasteiger partial charge in [-0.05, 0) is 12.1 Å². The lowest BCUT2D eigenvalue weighted by Gasteiger charge is -2.17. The van der Waals surface area contributed by atoms with E-state index in [1.165, 1.54) is 24.3 Å². The minimum Gasteiger partial charge on any atom is -0.395 e. The van der Waals surface area contributed by atoms with Crippen molar-refractivity contribution in [3.63, 3.8) is 0 Å². The third-order valence-corrected chi connectivity index (χ3v) is 4.55. The minimum absolute atomic E-state index is 0.0308. The van der Waals surface area contributed by atoms with Crippen LogP contribution in [-0.4, -0.2) is 0 Å². The molecule has 0 bridgehead atoms. The predicted octanol–water partition coefficient (Wildman–Crippen LogP) is 5.30. The van der Waals surface area contributed by atoms with Gasteiger partial charge in [-0.15, -0.1) is 0 Å². The number of hydrogen-bond donors (Lipinski definition) is 0. The summed E-state index contributed by atoms with van der Waals surface area (Å²) in [5.41, 5.74) is 0. The van der Waals surface area contributed by atoms with Crippen molar-refractivity contribution in [2.45, 2.75) is 0 Å². The number of rotatable bonds is 12. The fraction of sp³-hybridized carbons (Fsp3) is 0. The highest BCUT2D eigenvalue weighted by Gasteiger charge is 2.31. The lowest BCUT2D eigenvalue weighted by atomic mass is 10.3. The normalized spacial score (nSPS) is 10.7. The third kappa shape index (κ3) is 5.91. The van der Waals surface area contributed by atoms with Crippen LogP contribution in [0.25, 0.3) is 0 Å². The van der Waals surface area contributed by atoms with Gasteiger partial charge in [0.2, 0.25) is 0 Å². The van der Waals surface area contributed by atoms with Gasteiger partial charge in [0, 0.05) is 6.07 Å². The highest BCUT2D eigenvalue weighted by atomic mass is 31.2. The molecule has 0 amide bonds. The van der Waals surface area contributed by atoms with E-state index in [1.807, 2.05) is 0 Å². The minimum atomic E-state index is -3.99. The van der Waals surface area contributed by atoms with E-state index in [2.05, 4.69) is 26.3 Å². The summed E-state index contributed by atoms with van der Waals surface area (Å²) in [6.07, 6.45) is 3.59. The summed E-state index contributed by atoms with van der Waals surface area (Å²) in [5, 5.41) is 0. The molecule has 0 aliphatic heterocycles. The van der Waals surface area contributed by atoms with E-state index < -0.39 is 15.6 Å². The Morgan fingerprint density at radius 3 is 1.33 bits per heavy atom. The average Bonchev–Trinajstić information content (AvgIpc) is 2.47. The maximum atomic E-state index is 12.2. The van der Waals surface area contributed by atoms with Gasteiger partial charge in [-0.25, -0.2) is 0 Å². The summed E-state index contributed by atoms with van der Waals surface area (Å²) in [7, 11) is -7.99. The van der Waals surface area contributed by atoms with E-state index in [0.29, 0.717) is 0 Å². The second kappa shape index (κ2) is 8.91. The molecule has 0 saturated carbocycles. The number of benzene rings is 1. The Morgan fingerprint density at radius 1 is 0.708 bits per heavy atom. The van der Waals surface area contributed by atoms with Gasteiger partial charge in [0.05, 0.1) is 25.0 Å². The SMILES string of the molecule is C=COP(=O)(OC=C)Oc1cccc(OP(=O)(OC=C)OC=C)c1. The summed E-state index contributed by atoms with van der Waals surface area (Å²) >= 11 is 0. The van der Waals surface area contributed by atoms with Crippen LogP contribution < -0.4 is 9.05 Å². The molecule has 0 atom stereocenters. The molecule has 24 heavy (non-hydrogen) atoms.